The highest BCUT2D eigenvalue weighted by atomic mass is 32.2. The molecule has 2 rings (SSSR count). The van der Waals surface area contributed by atoms with Crippen LogP contribution in [0.25, 0.3) is 0 Å². The molecule has 24 heavy (non-hydrogen) atoms. The molecule has 0 unspecified atom stereocenters. The lowest BCUT2D eigenvalue weighted by atomic mass is 9.98. The Kier molecular flexibility index (Phi) is 5.58. The second-order valence-electron chi connectivity index (χ2n) is 5.92. The lowest BCUT2D eigenvalue weighted by Gasteiger charge is -2.32. The third kappa shape index (κ3) is 4.11. The quantitative estimate of drug-likeness (QED) is 0.788. The lowest BCUT2D eigenvalue weighted by Crippen LogP contribution is -2.47. The fraction of sp³-hybridized carbons (Fsp3) is 0.467. The molecule has 2 amide bonds. The van der Waals surface area contributed by atoms with Gasteiger partial charge < -0.3 is 11.1 Å². The van der Waals surface area contributed by atoms with Crippen molar-refractivity contribution in [2.75, 3.05) is 32.5 Å². The van der Waals surface area contributed by atoms with E-state index in [4.69, 9.17) is 5.73 Å². The largest absolute Gasteiger partial charge is 0.366 e. The van der Waals surface area contributed by atoms with Crippen molar-refractivity contribution < 1.29 is 18.0 Å². The molecule has 8 nitrogen and oxygen atoms in total. The van der Waals surface area contributed by atoms with Crippen molar-refractivity contribution in [3.8, 4) is 0 Å². The molecule has 132 valence electrons. The van der Waals surface area contributed by atoms with Crippen LogP contribution in [0, 0.1) is 5.92 Å². The molecule has 1 aromatic rings. The molecule has 1 fully saturated rings. The number of nitrogens with zero attached hydrogens (tertiary/aromatic N) is 2. The number of hydrogen-bond donors (Lipinski definition) is 2. The molecule has 0 radical (unpaired) electrons. The minimum Gasteiger partial charge on any atom is -0.366 e. The van der Waals surface area contributed by atoms with Crippen LogP contribution in [0.15, 0.2) is 24.3 Å². The summed E-state index contributed by atoms with van der Waals surface area (Å²) in [6, 6.07) is 6.34. The first-order chi connectivity index (χ1) is 11.2. The number of nitrogens with two attached hydrogens (primary N) is 1. The predicted molar refractivity (Wildman–Crippen MR) is 90.5 cm³/mol. The van der Waals surface area contributed by atoms with E-state index in [1.165, 1.54) is 24.5 Å². The van der Waals surface area contributed by atoms with Gasteiger partial charge >= 0.3 is 0 Å². The number of hydrogen-bond acceptors (Lipinski definition) is 4. The molecule has 9 heteroatoms. The number of amides is 2. The van der Waals surface area contributed by atoms with E-state index < -0.39 is 22.0 Å². The second-order valence-corrected chi connectivity index (χ2v) is 8.06. The third-order valence-electron chi connectivity index (χ3n) is 3.96. The van der Waals surface area contributed by atoms with Crippen LogP contribution in [-0.2, 0) is 15.0 Å². The van der Waals surface area contributed by atoms with Gasteiger partial charge in [0.05, 0.1) is 5.92 Å². The van der Waals surface area contributed by atoms with Crippen molar-refractivity contribution in [3.05, 3.63) is 29.8 Å². The first-order valence-corrected chi connectivity index (χ1v) is 9.00. The summed E-state index contributed by atoms with van der Waals surface area (Å²) in [5.74, 6) is -1.28. The van der Waals surface area contributed by atoms with E-state index in [2.05, 4.69) is 5.32 Å². The van der Waals surface area contributed by atoms with E-state index in [1.807, 2.05) is 0 Å². The van der Waals surface area contributed by atoms with Crippen LogP contribution in [0.4, 0.5) is 5.69 Å². The van der Waals surface area contributed by atoms with Crippen molar-refractivity contribution >= 4 is 27.7 Å². The average Bonchev–Trinajstić information content (AvgIpc) is 2.55. The Bertz CT molecular complexity index is 733. The highest BCUT2D eigenvalue weighted by Crippen LogP contribution is 2.22. The van der Waals surface area contributed by atoms with Gasteiger partial charge in [0.15, 0.2) is 0 Å². The fourth-order valence-corrected chi connectivity index (χ4v) is 3.78. The van der Waals surface area contributed by atoms with Crippen LogP contribution in [-0.4, -0.2) is 56.0 Å². The first kappa shape index (κ1) is 18.4. The molecule has 0 spiro atoms. The van der Waals surface area contributed by atoms with Gasteiger partial charge in [0.2, 0.25) is 11.8 Å². The molecular weight excluding hydrogens is 332 g/mol. The maximum atomic E-state index is 12.4. The first-order valence-electron chi connectivity index (χ1n) is 7.60. The van der Waals surface area contributed by atoms with Gasteiger partial charge in [-0.05, 0) is 31.0 Å². The second kappa shape index (κ2) is 7.29. The minimum atomic E-state index is -3.53. The monoisotopic (exact) mass is 354 g/mol. The predicted octanol–water partition coefficient (Wildman–Crippen LogP) is 0.242. The molecule has 1 heterocycles. The van der Waals surface area contributed by atoms with Crippen LogP contribution in [0.5, 0.6) is 0 Å². The van der Waals surface area contributed by atoms with Crippen LogP contribution in [0.1, 0.15) is 23.2 Å². The normalized spacial score (nSPS) is 19.2. The molecular formula is C15H22N4O4S. The topological polar surface area (TPSA) is 113 Å². The van der Waals surface area contributed by atoms with Gasteiger partial charge in [-0.3, -0.25) is 9.59 Å². The number of primary amides is 1. The summed E-state index contributed by atoms with van der Waals surface area (Å²) in [5.41, 5.74) is 5.98. The van der Waals surface area contributed by atoms with E-state index >= 15 is 0 Å². The molecule has 1 saturated heterocycles. The average molecular weight is 354 g/mol. The molecule has 3 N–H and O–H groups in total. The third-order valence-corrected chi connectivity index (χ3v) is 5.86. The summed E-state index contributed by atoms with van der Waals surface area (Å²) >= 11 is 0. The molecule has 1 aromatic carbocycles. The molecule has 0 saturated carbocycles. The maximum Gasteiger partial charge on any atom is 0.281 e. The van der Waals surface area contributed by atoms with Gasteiger partial charge in [-0.25, -0.2) is 0 Å². The van der Waals surface area contributed by atoms with E-state index in [9.17, 15) is 18.0 Å². The SMILES string of the molecule is CN(C)S(=O)(=O)N1CCC[C@@H](C(=O)Nc2cccc(C(N)=O)c2)C1. The van der Waals surface area contributed by atoms with Crippen molar-refractivity contribution in [3.63, 3.8) is 0 Å². The Hall–Kier alpha value is -1.97. The van der Waals surface area contributed by atoms with Crippen molar-refractivity contribution in [2.24, 2.45) is 11.7 Å². The number of piperidine rings is 1. The number of nitrogens with one attached hydrogen (secondary N) is 1. The number of carbonyl (C=O) groups excluding carboxylic acids is 2. The number of rotatable bonds is 5. The zero-order chi connectivity index (χ0) is 17.9. The summed E-state index contributed by atoms with van der Waals surface area (Å²) in [6.07, 6.45) is 1.23. The van der Waals surface area contributed by atoms with Crippen LogP contribution in [0.2, 0.25) is 0 Å². The van der Waals surface area contributed by atoms with E-state index in [-0.39, 0.29) is 12.5 Å². The standard InChI is InChI=1S/C15H22N4O4S/c1-18(2)24(22,23)19-8-4-6-12(10-19)15(21)17-13-7-3-5-11(9-13)14(16)20/h3,5,7,9,12H,4,6,8,10H2,1-2H3,(H2,16,20)(H,17,21)/t12-/m1/s1. The number of carbonyl (C=O) groups is 2. The number of benzene rings is 1. The molecule has 0 bridgehead atoms. The van der Waals surface area contributed by atoms with Gasteiger partial charge in [0.1, 0.15) is 0 Å². The Morgan fingerprint density at radius 2 is 2.04 bits per heavy atom. The minimum absolute atomic E-state index is 0.141. The molecule has 1 atom stereocenters. The van der Waals surface area contributed by atoms with Gasteiger partial charge in [0.25, 0.3) is 10.2 Å². The van der Waals surface area contributed by atoms with Gasteiger partial charge in [-0.2, -0.15) is 17.0 Å². The molecule has 1 aliphatic heterocycles. The zero-order valence-electron chi connectivity index (χ0n) is 13.7. The van der Waals surface area contributed by atoms with E-state index in [0.29, 0.717) is 30.6 Å². The van der Waals surface area contributed by atoms with E-state index in [1.54, 1.807) is 18.2 Å². The number of anilines is 1. The Morgan fingerprint density at radius 3 is 2.67 bits per heavy atom. The molecule has 1 aliphatic rings. The summed E-state index contributed by atoms with van der Waals surface area (Å²) in [4.78, 5) is 23.6. The van der Waals surface area contributed by atoms with Crippen LogP contribution in [0.3, 0.4) is 0 Å². The van der Waals surface area contributed by atoms with Crippen LogP contribution < -0.4 is 11.1 Å². The molecule has 0 aliphatic carbocycles. The van der Waals surface area contributed by atoms with Crippen molar-refractivity contribution in [2.45, 2.75) is 12.8 Å². The smallest absolute Gasteiger partial charge is 0.281 e. The summed E-state index contributed by atoms with van der Waals surface area (Å²) in [7, 11) is -0.598. The zero-order valence-corrected chi connectivity index (χ0v) is 14.5. The Balaban J connectivity index is 2.07. The highest BCUT2D eigenvalue weighted by molar-refractivity contribution is 7.86. The Labute approximate surface area is 141 Å². The lowest BCUT2D eigenvalue weighted by molar-refractivity contribution is -0.120. The van der Waals surface area contributed by atoms with Crippen molar-refractivity contribution in [1.29, 1.82) is 0 Å². The van der Waals surface area contributed by atoms with Crippen LogP contribution >= 0.6 is 0 Å². The van der Waals surface area contributed by atoms with Crippen molar-refractivity contribution in [1.82, 2.24) is 8.61 Å². The van der Waals surface area contributed by atoms with E-state index in [0.717, 1.165) is 4.31 Å². The maximum absolute atomic E-state index is 12.4. The summed E-state index contributed by atoms with van der Waals surface area (Å²) in [6.45, 7) is 0.545. The highest BCUT2D eigenvalue weighted by Gasteiger charge is 2.33. The fourth-order valence-electron chi connectivity index (χ4n) is 2.59. The van der Waals surface area contributed by atoms with Gasteiger partial charge in [-0.15, -0.1) is 0 Å². The van der Waals surface area contributed by atoms with Gasteiger partial charge in [0, 0.05) is 38.4 Å². The summed E-state index contributed by atoms with van der Waals surface area (Å²) in [5, 5.41) is 2.73. The summed E-state index contributed by atoms with van der Waals surface area (Å²) < 4.78 is 26.9. The Morgan fingerprint density at radius 1 is 1.33 bits per heavy atom. The molecule has 0 aromatic heterocycles. The van der Waals surface area contributed by atoms with Gasteiger partial charge in [-0.1, -0.05) is 6.07 Å².